The van der Waals surface area contributed by atoms with Crippen LogP contribution in [0.1, 0.15) is 6.85 Å². The lowest BCUT2D eigenvalue weighted by Crippen LogP contribution is -1.93. The first-order valence-corrected chi connectivity index (χ1v) is 42.6. The fraction of sp³-hybridized carbons (Fsp3) is 0. The van der Waals surface area contributed by atoms with Crippen LogP contribution >= 0.6 is 0 Å². The highest BCUT2D eigenvalue weighted by atomic mass is 14.3. The highest BCUT2D eigenvalue weighted by Crippen LogP contribution is 2.53. The summed E-state index contributed by atoms with van der Waals surface area (Å²) < 4.78 is 42.3. The van der Waals surface area contributed by atoms with E-state index in [1.54, 1.807) is 0 Å². The van der Waals surface area contributed by atoms with E-state index >= 15 is 0 Å². The maximum atomic E-state index is 8.74. The van der Waals surface area contributed by atoms with Crippen LogP contribution in [-0.4, -0.2) is 0 Å². The summed E-state index contributed by atoms with van der Waals surface area (Å²) in [5, 5.41) is 31.7. The molecule has 0 N–H and O–H groups in total. The van der Waals surface area contributed by atoms with Gasteiger partial charge in [0.2, 0.25) is 0 Å². The predicted octanol–water partition coefficient (Wildman–Crippen LogP) is 35.1. The smallest absolute Gasteiger partial charge is 0.0622 e. The lowest BCUT2D eigenvalue weighted by Gasteiger charge is -2.20. The Bertz CT molecular complexity index is 8670. The van der Waals surface area contributed by atoms with Gasteiger partial charge in [-0.15, -0.1) is 0 Å². The van der Waals surface area contributed by atoms with Crippen LogP contribution in [0.25, 0.3) is 240 Å². The van der Waals surface area contributed by atoms with Gasteiger partial charge in [0, 0.05) is 0 Å². The van der Waals surface area contributed by atoms with Gasteiger partial charge in [-0.05, 0) is 252 Å². The van der Waals surface area contributed by atoms with Crippen molar-refractivity contribution in [3.8, 4) is 100 Å². The third-order valence-electron chi connectivity index (χ3n) is 25.4. The predicted molar refractivity (Wildman–Crippen MR) is 536 cm³/mol. The first-order chi connectivity index (χ1) is 63.7. The Labute approximate surface area is 727 Å². The average Bonchev–Trinajstić information content (AvgIpc) is 0.729. The molecule has 0 saturated heterocycles. The van der Waals surface area contributed by atoms with E-state index in [0.29, 0.717) is 5.56 Å². The van der Waals surface area contributed by atoms with E-state index in [2.05, 4.69) is 425 Å². The van der Waals surface area contributed by atoms with Crippen LogP contribution < -0.4 is 0 Å². The van der Waals surface area contributed by atoms with Gasteiger partial charge in [-0.1, -0.05) is 473 Å². The standard InChI is InChI=1S/C44H28.2C40H26/c1-3-17-31-29(13-1)15-11-25-33(31)36-27-28-42(35-20-6-5-19-34(35)36)44-40-23-9-7-21-38(40)43(39-22-8-10-24-41(39)44)37-26-12-16-30-14-2-4-18-32(30)37;1-2-13-27(14-3-1)30-25-29-16-5-7-19-32(29)38(26-30)40-36-22-10-8-20-34(36)39(35-21-9-11-23-37(35)40)33-24-12-17-28-15-4-6-18-31(28)33;1-2-13-27(14-3-1)30-25-26-38(32-19-7-6-18-31(30)32)40-36-22-10-8-20-34(36)39(35-21-9-11-23-37(35)40)33-24-12-16-28-15-4-5-17-29(28)33/h1-28H;2*1-26H/i;1D,2D,3D,13D,14D;. The third kappa shape index (κ3) is 12.5. The van der Waals surface area contributed by atoms with E-state index in [-0.39, 0.29) is 29.7 Å². The Morgan fingerprint density at radius 2 is 0.323 bits per heavy atom. The Morgan fingerprint density at radius 1 is 0.113 bits per heavy atom. The molecule has 0 heterocycles. The molecule has 0 nitrogen and oxygen atoms in total. The minimum absolute atomic E-state index is 0.203. The van der Waals surface area contributed by atoms with E-state index in [4.69, 9.17) is 6.85 Å². The molecule has 0 amide bonds. The van der Waals surface area contributed by atoms with Gasteiger partial charge in [-0.3, -0.25) is 0 Å². The van der Waals surface area contributed by atoms with Crippen molar-refractivity contribution in [2.24, 2.45) is 0 Å². The van der Waals surface area contributed by atoms with Gasteiger partial charge in [0.1, 0.15) is 0 Å². The van der Waals surface area contributed by atoms with Crippen LogP contribution in [0, 0.1) is 0 Å². The lowest BCUT2D eigenvalue weighted by atomic mass is 9.83. The summed E-state index contributed by atoms with van der Waals surface area (Å²) in [4.78, 5) is 0. The molecule has 0 aliphatic carbocycles. The fourth-order valence-electron chi connectivity index (χ4n) is 20.1. The van der Waals surface area contributed by atoms with Crippen molar-refractivity contribution in [3.63, 3.8) is 0 Å². The Morgan fingerprint density at radius 3 is 0.661 bits per heavy atom. The van der Waals surface area contributed by atoms with Crippen LogP contribution in [0.2, 0.25) is 0 Å². The molecule has 124 heavy (non-hydrogen) atoms. The second-order valence-electron chi connectivity index (χ2n) is 32.2. The molecular formula is C124H80. The van der Waals surface area contributed by atoms with Crippen molar-refractivity contribution in [3.05, 3.63) is 485 Å². The van der Waals surface area contributed by atoms with Gasteiger partial charge in [-0.25, -0.2) is 0 Å². The zero-order valence-electron chi connectivity index (χ0n) is 72.8. The van der Waals surface area contributed by atoms with Gasteiger partial charge in [-0.2, -0.15) is 0 Å². The van der Waals surface area contributed by atoms with Crippen molar-refractivity contribution in [1.29, 1.82) is 0 Å². The molecule has 0 spiro atoms. The minimum Gasteiger partial charge on any atom is -0.0622 e. The van der Waals surface area contributed by atoms with Crippen molar-refractivity contribution in [2.45, 2.75) is 0 Å². The maximum absolute atomic E-state index is 8.74. The highest BCUT2D eigenvalue weighted by Gasteiger charge is 2.25. The topological polar surface area (TPSA) is 0 Å². The van der Waals surface area contributed by atoms with Gasteiger partial charge in [0.25, 0.3) is 0 Å². The van der Waals surface area contributed by atoms with Gasteiger partial charge in [0.05, 0.1) is 6.85 Å². The zero-order valence-corrected chi connectivity index (χ0v) is 67.8. The van der Waals surface area contributed by atoms with E-state index < -0.39 is 6.04 Å². The summed E-state index contributed by atoms with van der Waals surface area (Å²) in [5.74, 6) is 0. The molecule has 0 heteroatoms. The number of benzene rings is 25. The summed E-state index contributed by atoms with van der Waals surface area (Å²) in [5.41, 5.74) is 20.5. The molecule has 0 bridgehead atoms. The van der Waals surface area contributed by atoms with Gasteiger partial charge < -0.3 is 0 Å². The molecule has 0 aliphatic heterocycles. The molecule has 0 aromatic heterocycles. The Hall–Kier alpha value is -16.1. The monoisotopic (exact) mass is 1570 g/mol. The van der Waals surface area contributed by atoms with Crippen LogP contribution in [0.5, 0.6) is 0 Å². The molecule has 0 saturated carbocycles. The largest absolute Gasteiger partial charge is 0.0629 e. The Balaban J connectivity index is 0.000000111. The normalized spacial score (nSPS) is 12.1. The van der Waals surface area contributed by atoms with Crippen LogP contribution in [0.4, 0.5) is 0 Å². The summed E-state index contributed by atoms with van der Waals surface area (Å²) in [6, 6.07) is 162. The third-order valence-corrected chi connectivity index (χ3v) is 25.4. The van der Waals surface area contributed by atoms with Crippen LogP contribution in [-0.2, 0) is 0 Å². The number of hydrogen-bond donors (Lipinski definition) is 0. The fourth-order valence-corrected chi connectivity index (χ4v) is 20.1. The summed E-state index contributed by atoms with van der Waals surface area (Å²) in [6.07, 6.45) is 0. The lowest BCUT2D eigenvalue weighted by molar-refractivity contribution is 1.63. The molecule has 0 fully saturated rings. The number of fused-ring (bicyclic) bond motifs is 13. The summed E-state index contributed by atoms with van der Waals surface area (Å²) in [7, 11) is 0. The molecule has 25 rings (SSSR count). The zero-order chi connectivity index (χ0) is 86.3. The SMILES string of the molecule is [2H]c1c([2H])c([2H])c(-c2cc(-c3c4ccccc4c(-c4cccc5ccccc45)c4ccccc34)c3ccccc3c2)c([2H])c1[2H].c1ccc(-c2ccc(-c3c4ccccc4c(-c4cccc5ccccc45)c4ccccc34)c3ccccc23)cc1.c1ccc2c(-c3ccc(-c4c5ccccc5c(-c5cccc6ccccc56)c5ccccc45)c4ccccc34)cccc2c1. The summed E-state index contributed by atoms with van der Waals surface area (Å²) in [6.45, 7) is 0. The first-order valence-electron chi connectivity index (χ1n) is 45.1. The Kier molecular flexibility index (Phi) is 17.1. The molecule has 0 atom stereocenters. The molecule has 0 radical (unpaired) electrons. The van der Waals surface area contributed by atoms with Gasteiger partial charge >= 0.3 is 0 Å². The van der Waals surface area contributed by atoms with Gasteiger partial charge in [0.15, 0.2) is 0 Å². The molecule has 25 aromatic rings. The second kappa shape index (κ2) is 31.2. The first kappa shape index (κ1) is 67.7. The highest BCUT2D eigenvalue weighted by molar-refractivity contribution is 6.30. The number of rotatable bonds is 9. The molecule has 576 valence electrons. The molecular weight excluding hydrogens is 1490 g/mol. The van der Waals surface area contributed by atoms with Crippen molar-refractivity contribution in [2.75, 3.05) is 0 Å². The van der Waals surface area contributed by atoms with E-state index in [9.17, 15) is 0 Å². The molecule has 0 aliphatic rings. The minimum atomic E-state index is -0.393. The average molecular weight is 1580 g/mol. The second-order valence-corrected chi connectivity index (χ2v) is 32.2. The van der Waals surface area contributed by atoms with Crippen molar-refractivity contribution >= 4 is 140 Å². The van der Waals surface area contributed by atoms with Crippen LogP contribution in [0.3, 0.4) is 0 Å². The molecule has 0 unspecified atom stereocenters. The van der Waals surface area contributed by atoms with E-state index in [1.165, 1.54) is 186 Å². The molecule has 25 aromatic carbocycles. The van der Waals surface area contributed by atoms with E-state index in [0.717, 1.165) is 43.4 Å². The number of hydrogen-bond acceptors (Lipinski definition) is 0. The quantitative estimate of drug-likeness (QED) is 0.126. The summed E-state index contributed by atoms with van der Waals surface area (Å²) >= 11 is 0. The van der Waals surface area contributed by atoms with Crippen molar-refractivity contribution in [1.82, 2.24) is 0 Å². The van der Waals surface area contributed by atoms with E-state index in [1.807, 2.05) is 30.3 Å². The maximum Gasteiger partial charge on any atom is 0.0629 e. The van der Waals surface area contributed by atoms with Crippen LogP contribution in [0.15, 0.2) is 485 Å². The van der Waals surface area contributed by atoms with Crippen molar-refractivity contribution < 1.29 is 6.85 Å².